The molecule has 1 saturated heterocycles. The van der Waals surface area contributed by atoms with Crippen LogP contribution in [-0.2, 0) is 0 Å². The first kappa shape index (κ1) is 19.3. The largest absolute Gasteiger partial charge is 0.573 e. The second-order valence-electron chi connectivity index (χ2n) is 5.39. The fourth-order valence-corrected chi connectivity index (χ4v) is 3.13. The lowest BCUT2D eigenvalue weighted by molar-refractivity contribution is -0.274. The quantitative estimate of drug-likeness (QED) is 0.737. The molecule has 10 heteroatoms. The summed E-state index contributed by atoms with van der Waals surface area (Å²) in [4.78, 5) is 1.61. The van der Waals surface area contributed by atoms with E-state index in [0.717, 1.165) is 12.1 Å². The fraction of sp³-hybridized carbons (Fsp3) is 0.571. The second-order valence-corrected chi connectivity index (χ2v) is 6.30. The molecule has 1 N–H and O–H groups in total. The Labute approximate surface area is 143 Å². The summed E-state index contributed by atoms with van der Waals surface area (Å²) in [6.07, 6.45) is -10.5. The van der Waals surface area contributed by atoms with Crippen LogP contribution in [0.1, 0.15) is 18.0 Å². The van der Waals surface area contributed by atoms with Crippen LogP contribution < -0.4 is 10.1 Å². The lowest BCUT2D eigenvalue weighted by Crippen LogP contribution is -2.46. The highest BCUT2D eigenvalue weighted by Crippen LogP contribution is 2.37. The van der Waals surface area contributed by atoms with Gasteiger partial charge in [-0.1, -0.05) is 15.9 Å². The first-order valence-corrected chi connectivity index (χ1v) is 7.90. The number of nitrogens with zero attached hydrogens (tertiary/aromatic N) is 1. The van der Waals surface area contributed by atoms with Crippen molar-refractivity contribution in [3.8, 4) is 5.75 Å². The molecular weight excluding hydrogens is 406 g/mol. The molecule has 0 amide bonds. The van der Waals surface area contributed by atoms with Crippen molar-refractivity contribution in [3.05, 3.63) is 28.2 Å². The van der Waals surface area contributed by atoms with Crippen molar-refractivity contribution in [1.29, 1.82) is 0 Å². The predicted molar refractivity (Wildman–Crippen MR) is 78.7 cm³/mol. The highest BCUT2D eigenvalue weighted by molar-refractivity contribution is 9.10. The summed E-state index contributed by atoms with van der Waals surface area (Å²) < 4.78 is 80.1. The van der Waals surface area contributed by atoms with E-state index in [-0.39, 0.29) is 10.0 Å². The molecular formula is C14H15BrF6N2O. The Morgan fingerprint density at radius 3 is 2.25 bits per heavy atom. The fourth-order valence-electron chi connectivity index (χ4n) is 2.64. The van der Waals surface area contributed by atoms with Crippen molar-refractivity contribution in [3.63, 3.8) is 0 Å². The van der Waals surface area contributed by atoms with Gasteiger partial charge in [0.1, 0.15) is 5.75 Å². The van der Waals surface area contributed by atoms with E-state index in [1.54, 1.807) is 4.90 Å². The zero-order valence-corrected chi connectivity index (χ0v) is 13.9. The summed E-state index contributed by atoms with van der Waals surface area (Å²) in [6, 6.07) is 2.40. The van der Waals surface area contributed by atoms with Crippen LogP contribution in [0.25, 0.3) is 0 Å². The van der Waals surface area contributed by atoms with Crippen molar-refractivity contribution in [2.24, 2.45) is 0 Å². The van der Waals surface area contributed by atoms with E-state index >= 15 is 0 Å². The van der Waals surface area contributed by atoms with Gasteiger partial charge >= 0.3 is 12.5 Å². The van der Waals surface area contributed by atoms with Crippen LogP contribution >= 0.6 is 15.9 Å². The minimum absolute atomic E-state index is 0.128. The van der Waals surface area contributed by atoms with Crippen molar-refractivity contribution in [2.45, 2.75) is 25.0 Å². The van der Waals surface area contributed by atoms with Gasteiger partial charge in [0.2, 0.25) is 0 Å². The minimum atomic E-state index is -4.91. The third-order valence-corrected chi connectivity index (χ3v) is 3.99. The number of halogens is 7. The summed E-state index contributed by atoms with van der Waals surface area (Å²) in [5.41, 5.74) is 0.128. The summed E-state index contributed by atoms with van der Waals surface area (Å²) in [5.74, 6) is -0.547. The van der Waals surface area contributed by atoms with Gasteiger partial charge in [-0.15, -0.1) is 13.2 Å². The number of hydrogen-bond donors (Lipinski definition) is 1. The molecule has 0 saturated carbocycles. The highest BCUT2D eigenvalue weighted by atomic mass is 79.9. The summed E-state index contributed by atoms with van der Waals surface area (Å²) in [7, 11) is 0. The number of ether oxygens (including phenoxy) is 1. The first-order chi connectivity index (χ1) is 11.0. The van der Waals surface area contributed by atoms with Crippen LogP contribution in [-0.4, -0.2) is 43.6 Å². The SMILES string of the molecule is FC(F)(F)C[C@@H](c1cc(Br)cc(OC(F)(F)F)c1)N1CCNCC1. The maximum Gasteiger partial charge on any atom is 0.573 e. The number of hydrogen-bond acceptors (Lipinski definition) is 3. The Bertz CT molecular complexity index is 557. The predicted octanol–water partition coefficient (Wildman–Crippen LogP) is 4.25. The molecule has 1 aliphatic rings. The molecule has 1 atom stereocenters. The molecule has 1 aromatic carbocycles. The molecule has 0 radical (unpaired) electrons. The van der Waals surface area contributed by atoms with E-state index in [2.05, 4.69) is 26.0 Å². The highest BCUT2D eigenvalue weighted by Gasteiger charge is 2.37. The normalized spacial score (nSPS) is 18.5. The van der Waals surface area contributed by atoms with Crippen LogP contribution in [0.5, 0.6) is 5.75 Å². The van der Waals surface area contributed by atoms with Crippen LogP contribution in [0.15, 0.2) is 22.7 Å². The first-order valence-electron chi connectivity index (χ1n) is 7.11. The van der Waals surface area contributed by atoms with Gasteiger partial charge in [-0.3, -0.25) is 4.90 Å². The van der Waals surface area contributed by atoms with Gasteiger partial charge in [0.25, 0.3) is 0 Å². The molecule has 0 aliphatic carbocycles. The molecule has 0 unspecified atom stereocenters. The molecule has 24 heavy (non-hydrogen) atoms. The molecule has 1 aromatic rings. The lowest BCUT2D eigenvalue weighted by atomic mass is 10.0. The van der Waals surface area contributed by atoms with E-state index in [4.69, 9.17) is 0 Å². The Hall–Kier alpha value is -1.00. The van der Waals surface area contributed by atoms with Gasteiger partial charge in [0.15, 0.2) is 0 Å². The molecule has 1 fully saturated rings. The van der Waals surface area contributed by atoms with E-state index in [1.807, 2.05) is 0 Å². The molecule has 1 heterocycles. The van der Waals surface area contributed by atoms with Gasteiger partial charge in [-0.2, -0.15) is 13.2 Å². The second kappa shape index (κ2) is 7.49. The Morgan fingerprint density at radius 2 is 1.71 bits per heavy atom. The number of alkyl halides is 6. The average molecular weight is 421 g/mol. The Kier molecular flexibility index (Phi) is 6.03. The molecule has 0 bridgehead atoms. The van der Waals surface area contributed by atoms with E-state index < -0.39 is 30.8 Å². The standard InChI is InChI=1S/C14H15BrF6N2O/c15-10-5-9(6-11(7-10)24-14(19,20)21)12(8-13(16,17)18)23-3-1-22-2-4-23/h5-7,12,22H,1-4,8H2/t12-/m0/s1. The molecule has 1 aliphatic heterocycles. The van der Waals surface area contributed by atoms with E-state index in [0.29, 0.717) is 26.2 Å². The zero-order valence-electron chi connectivity index (χ0n) is 12.3. The smallest absolute Gasteiger partial charge is 0.406 e. The van der Waals surface area contributed by atoms with Crippen molar-refractivity contribution in [2.75, 3.05) is 26.2 Å². The summed E-state index contributed by atoms with van der Waals surface area (Å²) in [6.45, 7) is 1.80. The monoisotopic (exact) mass is 420 g/mol. The number of rotatable bonds is 4. The Balaban J connectivity index is 2.33. The van der Waals surface area contributed by atoms with Gasteiger partial charge in [-0.25, -0.2) is 0 Å². The van der Waals surface area contributed by atoms with Gasteiger partial charge in [0, 0.05) is 36.7 Å². The molecule has 2 rings (SSSR count). The van der Waals surface area contributed by atoms with Crippen LogP contribution in [0.4, 0.5) is 26.3 Å². The molecule has 3 nitrogen and oxygen atoms in total. The molecule has 0 spiro atoms. The zero-order chi connectivity index (χ0) is 18.0. The molecule has 0 aromatic heterocycles. The topological polar surface area (TPSA) is 24.5 Å². The van der Waals surface area contributed by atoms with Gasteiger partial charge < -0.3 is 10.1 Å². The number of piperazine rings is 1. The minimum Gasteiger partial charge on any atom is -0.406 e. The average Bonchev–Trinajstić information content (AvgIpc) is 2.42. The van der Waals surface area contributed by atoms with Crippen molar-refractivity contribution in [1.82, 2.24) is 10.2 Å². The maximum atomic E-state index is 13.0. The van der Waals surface area contributed by atoms with Crippen LogP contribution in [0.3, 0.4) is 0 Å². The third kappa shape index (κ3) is 6.14. The van der Waals surface area contributed by atoms with Gasteiger partial charge in [-0.05, 0) is 23.8 Å². The lowest BCUT2D eigenvalue weighted by Gasteiger charge is -2.36. The summed E-state index contributed by atoms with van der Waals surface area (Å²) in [5, 5.41) is 3.03. The Morgan fingerprint density at radius 1 is 1.08 bits per heavy atom. The number of nitrogens with one attached hydrogen (secondary N) is 1. The number of benzene rings is 1. The van der Waals surface area contributed by atoms with E-state index in [1.165, 1.54) is 6.07 Å². The van der Waals surface area contributed by atoms with Crippen LogP contribution in [0.2, 0.25) is 0 Å². The van der Waals surface area contributed by atoms with E-state index in [9.17, 15) is 26.3 Å². The van der Waals surface area contributed by atoms with Crippen molar-refractivity contribution < 1.29 is 31.1 Å². The van der Waals surface area contributed by atoms with Gasteiger partial charge in [0.05, 0.1) is 6.42 Å². The van der Waals surface area contributed by atoms with Crippen molar-refractivity contribution >= 4 is 15.9 Å². The molecule has 136 valence electrons. The maximum absolute atomic E-state index is 13.0. The summed E-state index contributed by atoms with van der Waals surface area (Å²) >= 11 is 3.03. The van der Waals surface area contributed by atoms with Crippen LogP contribution in [0, 0.1) is 0 Å². The third-order valence-electron chi connectivity index (χ3n) is 3.53.